The number of fused-ring (bicyclic) bond motifs is 1. The third-order valence-corrected chi connectivity index (χ3v) is 2.91. The van der Waals surface area contributed by atoms with Gasteiger partial charge in [0.1, 0.15) is 0 Å². The minimum atomic E-state index is -0.204. The Morgan fingerprint density at radius 1 is 1.42 bits per heavy atom. The summed E-state index contributed by atoms with van der Waals surface area (Å²) in [6.07, 6.45) is 3.32. The van der Waals surface area contributed by atoms with E-state index < -0.39 is 0 Å². The van der Waals surface area contributed by atoms with Crippen molar-refractivity contribution in [2.24, 2.45) is 7.05 Å². The van der Waals surface area contributed by atoms with Gasteiger partial charge in [0.15, 0.2) is 17.3 Å². The maximum absolute atomic E-state index is 11.9. The smallest absolute Gasteiger partial charge is 0.287 e. The van der Waals surface area contributed by atoms with Crippen LogP contribution >= 0.6 is 0 Å². The summed E-state index contributed by atoms with van der Waals surface area (Å²) in [5, 5.41) is 2.81. The van der Waals surface area contributed by atoms with Crippen molar-refractivity contribution in [2.45, 2.75) is 6.54 Å². The lowest BCUT2D eigenvalue weighted by Gasteiger charge is -2.06. The standard InChI is InChI=1S/C13H13N3O3/c1-16-5-4-14-12(16)13(17)15-7-9-2-3-10-11(6-9)19-8-18-10/h2-6H,7-8H2,1H3,(H,15,17). The van der Waals surface area contributed by atoms with Gasteiger partial charge in [-0.25, -0.2) is 4.98 Å². The molecule has 0 radical (unpaired) electrons. The van der Waals surface area contributed by atoms with Gasteiger partial charge in [-0.05, 0) is 17.7 Å². The van der Waals surface area contributed by atoms with Crippen molar-refractivity contribution in [3.05, 3.63) is 42.0 Å². The molecule has 1 aliphatic rings. The van der Waals surface area contributed by atoms with Gasteiger partial charge in [0, 0.05) is 26.0 Å². The molecule has 19 heavy (non-hydrogen) atoms. The fraction of sp³-hybridized carbons (Fsp3) is 0.231. The van der Waals surface area contributed by atoms with Crippen molar-refractivity contribution in [1.82, 2.24) is 14.9 Å². The quantitative estimate of drug-likeness (QED) is 0.895. The zero-order valence-corrected chi connectivity index (χ0v) is 10.4. The summed E-state index contributed by atoms with van der Waals surface area (Å²) in [7, 11) is 1.78. The number of hydrogen-bond acceptors (Lipinski definition) is 4. The van der Waals surface area contributed by atoms with Gasteiger partial charge in [0.05, 0.1) is 0 Å². The van der Waals surface area contributed by atoms with E-state index in [1.54, 1.807) is 24.0 Å². The first-order valence-corrected chi connectivity index (χ1v) is 5.88. The monoisotopic (exact) mass is 259 g/mol. The van der Waals surface area contributed by atoms with E-state index in [2.05, 4.69) is 10.3 Å². The highest BCUT2D eigenvalue weighted by Crippen LogP contribution is 2.32. The molecule has 0 bridgehead atoms. The summed E-state index contributed by atoms with van der Waals surface area (Å²) in [5.74, 6) is 1.63. The summed E-state index contributed by atoms with van der Waals surface area (Å²) in [6, 6.07) is 5.60. The number of ether oxygens (including phenoxy) is 2. The number of rotatable bonds is 3. The molecule has 1 aromatic heterocycles. The van der Waals surface area contributed by atoms with Crippen molar-refractivity contribution in [3.63, 3.8) is 0 Å². The Kier molecular flexibility index (Phi) is 2.83. The number of nitrogens with one attached hydrogen (secondary N) is 1. The first-order chi connectivity index (χ1) is 9.24. The molecule has 98 valence electrons. The van der Waals surface area contributed by atoms with Gasteiger partial charge in [-0.3, -0.25) is 4.79 Å². The van der Waals surface area contributed by atoms with Gasteiger partial charge in [-0.1, -0.05) is 6.07 Å². The zero-order valence-electron chi connectivity index (χ0n) is 10.4. The highest BCUT2D eigenvalue weighted by Gasteiger charge is 2.14. The highest BCUT2D eigenvalue weighted by atomic mass is 16.7. The van der Waals surface area contributed by atoms with Crippen LogP contribution in [0, 0.1) is 0 Å². The fourth-order valence-electron chi connectivity index (χ4n) is 1.90. The van der Waals surface area contributed by atoms with Crippen LogP contribution in [0.2, 0.25) is 0 Å². The molecule has 6 nitrogen and oxygen atoms in total. The van der Waals surface area contributed by atoms with E-state index in [0.717, 1.165) is 11.3 Å². The number of carbonyl (C=O) groups is 1. The molecular formula is C13H13N3O3. The first kappa shape index (κ1) is 11.6. The molecule has 2 aromatic rings. The average molecular weight is 259 g/mol. The molecule has 0 aliphatic carbocycles. The SMILES string of the molecule is Cn1ccnc1C(=O)NCc1ccc2c(c1)OCO2. The Morgan fingerprint density at radius 3 is 3.05 bits per heavy atom. The van der Waals surface area contributed by atoms with Gasteiger partial charge >= 0.3 is 0 Å². The van der Waals surface area contributed by atoms with E-state index in [9.17, 15) is 4.79 Å². The number of hydrogen-bond donors (Lipinski definition) is 1. The second-order valence-corrected chi connectivity index (χ2v) is 4.23. The summed E-state index contributed by atoms with van der Waals surface area (Å²) < 4.78 is 12.2. The van der Waals surface area contributed by atoms with Crippen LogP contribution in [0.25, 0.3) is 0 Å². The number of aryl methyl sites for hydroxylation is 1. The molecule has 0 atom stereocenters. The van der Waals surface area contributed by atoms with E-state index in [-0.39, 0.29) is 12.7 Å². The normalized spacial score (nSPS) is 12.5. The molecule has 1 aromatic carbocycles. The summed E-state index contributed by atoms with van der Waals surface area (Å²) in [6.45, 7) is 0.667. The number of benzene rings is 1. The Balaban J connectivity index is 1.66. The van der Waals surface area contributed by atoms with Crippen LogP contribution in [0.5, 0.6) is 11.5 Å². The summed E-state index contributed by atoms with van der Waals surface area (Å²) in [5.41, 5.74) is 0.951. The Bertz CT molecular complexity index is 621. The minimum Gasteiger partial charge on any atom is -0.454 e. The van der Waals surface area contributed by atoms with Crippen LogP contribution in [0.4, 0.5) is 0 Å². The van der Waals surface area contributed by atoms with Crippen LogP contribution < -0.4 is 14.8 Å². The van der Waals surface area contributed by atoms with Crippen LogP contribution in [-0.4, -0.2) is 22.3 Å². The maximum atomic E-state index is 11.9. The molecule has 0 fully saturated rings. The Hall–Kier alpha value is -2.50. The van der Waals surface area contributed by atoms with E-state index in [0.29, 0.717) is 18.1 Å². The third-order valence-electron chi connectivity index (χ3n) is 2.91. The van der Waals surface area contributed by atoms with Crippen LogP contribution in [-0.2, 0) is 13.6 Å². The van der Waals surface area contributed by atoms with Crippen molar-refractivity contribution in [1.29, 1.82) is 0 Å². The molecule has 0 spiro atoms. The first-order valence-electron chi connectivity index (χ1n) is 5.88. The molecule has 1 N–H and O–H groups in total. The molecule has 0 saturated heterocycles. The molecule has 0 saturated carbocycles. The fourth-order valence-corrected chi connectivity index (χ4v) is 1.90. The predicted octanol–water partition coefficient (Wildman–Crippen LogP) is 1.08. The number of carbonyl (C=O) groups excluding carboxylic acids is 1. The minimum absolute atomic E-state index is 0.204. The van der Waals surface area contributed by atoms with E-state index in [1.807, 2.05) is 18.2 Å². The van der Waals surface area contributed by atoms with E-state index in [1.165, 1.54) is 0 Å². The lowest BCUT2D eigenvalue weighted by molar-refractivity contribution is 0.0937. The molecule has 2 heterocycles. The molecule has 3 rings (SSSR count). The van der Waals surface area contributed by atoms with Gasteiger partial charge in [-0.2, -0.15) is 0 Å². The third kappa shape index (κ3) is 2.24. The Labute approximate surface area is 110 Å². The summed E-state index contributed by atoms with van der Waals surface area (Å²) >= 11 is 0. The number of aromatic nitrogens is 2. The number of amides is 1. The number of imidazole rings is 1. The van der Waals surface area contributed by atoms with E-state index in [4.69, 9.17) is 9.47 Å². The van der Waals surface area contributed by atoms with Crippen LogP contribution in [0.1, 0.15) is 16.2 Å². The van der Waals surface area contributed by atoms with Gasteiger partial charge < -0.3 is 19.4 Å². The topological polar surface area (TPSA) is 65.4 Å². The van der Waals surface area contributed by atoms with E-state index >= 15 is 0 Å². The van der Waals surface area contributed by atoms with Crippen molar-refractivity contribution in [3.8, 4) is 11.5 Å². The van der Waals surface area contributed by atoms with Crippen molar-refractivity contribution >= 4 is 5.91 Å². The molecular weight excluding hydrogens is 246 g/mol. The van der Waals surface area contributed by atoms with Gasteiger partial charge in [-0.15, -0.1) is 0 Å². The molecule has 1 amide bonds. The molecule has 1 aliphatic heterocycles. The van der Waals surface area contributed by atoms with Gasteiger partial charge in [0.2, 0.25) is 6.79 Å². The predicted molar refractivity (Wildman–Crippen MR) is 66.9 cm³/mol. The lowest BCUT2D eigenvalue weighted by atomic mass is 10.2. The van der Waals surface area contributed by atoms with Crippen LogP contribution in [0.15, 0.2) is 30.6 Å². The average Bonchev–Trinajstić information content (AvgIpc) is 3.03. The second kappa shape index (κ2) is 4.64. The highest BCUT2D eigenvalue weighted by molar-refractivity contribution is 5.90. The number of nitrogens with zero attached hydrogens (tertiary/aromatic N) is 2. The second-order valence-electron chi connectivity index (χ2n) is 4.23. The van der Waals surface area contributed by atoms with Crippen molar-refractivity contribution in [2.75, 3.05) is 6.79 Å². The van der Waals surface area contributed by atoms with Crippen molar-refractivity contribution < 1.29 is 14.3 Å². The largest absolute Gasteiger partial charge is 0.454 e. The van der Waals surface area contributed by atoms with Gasteiger partial charge in [0.25, 0.3) is 5.91 Å². The molecule has 6 heteroatoms. The van der Waals surface area contributed by atoms with Crippen LogP contribution in [0.3, 0.4) is 0 Å². The summed E-state index contributed by atoms with van der Waals surface area (Å²) in [4.78, 5) is 15.9. The Morgan fingerprint density at radius 2 is 2.26 bits per heavy atom. The maximum Gasteiger partial charge on any atom is 0.287 e. The molecule has 0 unspecified atom stereocenters. The lowest BCUT2D eigenvalue weighted by Crippen LogP contribution is -2.25. The zero-order chi connectivity index (χ0) is 13.2.